The van der Waals surface area contributed by atoms with Crippen LogP contribution in [0.4, 0.5) is 0 Å². The van der Waals surface area contributed by atoms with Crippen LogP contribution in [0.15, 0.2) is 65.7 Å². The highest BCUT2D eigenvalue weighted by atomic mass is 35.5. The maximum atomic E-state index is 12.5. The number of rotatable bonds is 9. The third kappa shape index (κ3) is 6.34. The van der Waals surface area contributed by atoms with Gasteiger partial charge >= 0.3 is 0 Å². The fourth-order valence-corrected chi connectivity index (χ4v) is 2.80. The number of hydrogen-bond donors (Lipinski definition) is 0. The molecule has 0 radical (unpaired) electrons. The molecular formula is C22H24ClN3O3. The second kappa shape index (κ2) is 10.1. The van der Waals surface area contributed by atoms with Crippen LogP contribution in [0.25, 0.3) is 5.69 Å². The molecule has 0 N–H and O–H groups in total. The van der Waals surface area contributed by atoms with Gasteiger partial charge in [-0.2, -0.15) is 0 Å². The SMILES string of the molecule is CN(C)CCCOc1ccc(-n2ccc(OCc3ccc(Cl)cn3)cc2=O)cc1. The van der Waals surface area contributed by atoms with Crippen LogP contribution in [-0.2, 0) is 6.61 Å². The lowest BCUT2D eigenvalue weighted by molar-refractivity contribution is 0.281. The minimum atomic E-state index is -0.175. The molecule has 3 rings (SSSR count). The predicted molar refractivity (Wildman–Crippen MR) is 114 cm³/mol. The van der Waals surface area contributed by atoms with Crippen LogP contribution in [0, 0.1) is 0 Å². The quantitative estimate of drug-likeness (QED) is 0.499. The Morgan fingerprint density at radius 2 is 1.83 bits per heavy atom. The van der Waals surface area contributed by atoms with Crippen molar-refractivity contribution in [3.05, 3.63) is 82.0 Å². The average molecular weight is 414 g/mol. The van der Waals surface area contributed by atoms with Crippen LogP contribution in [0.3, 0.4) is 0 Å². The summed E-state index contributed by atoms with van der Waals surface area (Å²) in [5.41, 5.74) is 1.33. The molecule has 0 bridgehead atoms. The van der Waals surface area contributed by atoms with Crippen molar-refractivity contribution >= 4 is 11.6 Å². The van der Waals surface area contributed by atoms with E-state index in [9.17, 15) is 4.79 Å². The lowest BCUT2D eigenvalue weighted by atomic mass is 10.3. The van der Waals surface area contributed by atoms with Gasteiger partial charge in [0.1, 0.15) is 18.1 Å². The lowest BCUT2D eigenvalue weighted by Gasteiger charge is -2.11. The maximum absolute atomic E-state index is 12.5. The van der Waals surface area contributed by atoms with Crippen molar-refractivity contribution in [2.24, 2.45) is 0 Å². The van der Waals surface area contributed by atoms with Gasteiger partial charge in [-0.05, 0) is 63.0 Å². The summed E-state index contributed by atoms with van der Waals surface area (Å²) in [5.74, 6) is 1.28. The molecule has 0 spiro atoms. The molecule has 2 aromatic heterocycles. The first-order valence-corrected chi connectivity index (χ1v) is 9.73. The molecule has 0 aliphatic rings. The molecule has 7 heteroatoms. The first-order chi connectivity index (χ1) is 14.0. The Bertz CT molecular complexity index is 970. The minimum absolute atomic E-state index is 0.175. The lowest BCUT2D eigenvalue weighted by Crippen LogP contribution is -2.17. The molecule has 0 saturated heterocycles. The van der Waals surface area contributed by atoms with E-state index in [-0.39, 0.29) is 12.2 Å². The van der Waals surface area contributed by atoms with E-state index in [2.05, 4.69) is 9.88 Å². The third-order valence-electron chi connectivity index (χ3n) is 4.20. The predicted octanol–water partition coefficient (Wildman–Crippen LogP) is 3.80. The van der Waals surface area contributed by atoms with Crippen LogP contribution >= 0.6 is 11.6 Å². The van der Waals surface area contributed by atoms with Crippen molar-refractivity contribution in [1.29, 1.82) is 0 Å². The van der Waals surface area contributed by atoms with Gasteiger partial charge in [0.2, 0.25) is 0 Å². The van der Waals surface area contributed by atoms with Crippen molar-refractivity contribution < 1.29 is 9.47 Å². The van der Waals surface area contributed by atoms with Gasteiger partial charge in [-0.1, -0.05) is 11.6 Å². The van der Waals surface area contributed by atoms with Crippen LogP contribution in [0.1, 0.15) is 12.1 Å². The van der Waals surface area contributed by atoms with Crippen LogP contribution in [0.5, 0.6) is 11.5 Å². The summed E-state index contributed by atoms with van der Waals surface area (Å²) in [7, 11) is 4.08. The van der Waals surface area contributed by atoms with E-state index in [0.717, 1.165) is 30.1 Å². The molecule has 0 atom stereocenters. The molecular weight excluding hydrogens is 390 g/mol. The van der Waals surface area contributed by atoms with E-state index < -0.39 is 0 Å². The molecule has 0 unspecified atom stereocenters. The molecule has 29 heavy (non-hydrogen) atoms. The summed E-state index contributed by atoms with van der Waals surface area (Å²) >= 11 is 5.82. The van der Waals surface area contributed by atoms with Gasteiger partial charge < -0.3 is 14.4 Å². The summed E-state index contributed by atoms with van der Waals surface area (Å²) in [4.78, 5) is 18.8. The average Bonchev–Trinajstić information content (AvgIpc) is 2.71. The largest absolute Gasteiger partial charge is 0.494 e. The van der Waals surface area contributed by atoms with Gasteiger partial charge in [-0.15, -0.1) is 0 Å². The van der Waals surface area contributed by atoms with E-state index in [1.807, 2.05) is 38.4 Å². The topological polar surface area (TPSA) is 56.6 Å². The highest BCUT2D eigenvalue weighted by Crippen LogP contribution is 2.16. The first kappa shape index (κ1) is 20.9. The summed E-state index contributed by atoms with van der Waals surface area (Å²) < 4.78 is 12.9. The Hall–Kier alpha value is -2.83. The van der Waals surface area contributed by atoms with Crippen molar-refractivity contribution in [3.63, 3.8) is 0 Å². The second-order valence-corrected chi connectivity index (χ2v) is 7.26. The fourth-order valence-electron chi connectivity index (χ4n) is 2.69. The monoisotopic (exact) mass is 413 g/mol. The van der Waals surface area contributed by atoms with Crippen molar-refractivity contribution in [3.8, 4) is 17.2 Å². The summed E-state index contributed by atoms with van der Waals surface area (Å²) in [6, 6.07) is 14.2. The maximum Gasteiger partial charge on any atom is 0.258 e. The number of pyridine rings is 2. The summed E-state index contributed by atoms with van der Waals surface area (Å²) in [6.45, 7) is 1.91. The smallest absolute Gasteiger partial charge is 0.258 e. The number of halogens is 1. The Morgan fingerprint density at radius 1 is 1.03 bits per heavy atom. The fraction of sp³-hybridized carbons (Fsp3) is 0.273. The summed E-state index contributed by atoms with van der Waals surface area (Å²) in [5, 5.41) is 0.571. The standard InChI is InChI=1S/C22H24ClN3O3/c1-25(2)11-3-13-28-20-8-6-19(7-9-20)26-12-10-21(14-22(26)27)29-16-18-5-4-17(23)15-24-18/h4-10,12,14-15H,3,11,13,16H2,1-2H3. The summed E-state index contributed by atoms with van der Waals surface area (Å²) in [6.07, 6.45) is 4.22. The van der Waals surface area contributed by atoms with Crippen LogP contribution in [-0.4, -0.2) is 41.7 Å². The second-order valence-electron chi connectivity index (χ2n) is 6.83. The van der Waals surface area contributed by atoms with Gasteiger partial charge in [0.05, 0.1) is 17.3 Å². The Balaban J connectivity index is 1.59. The molecule has 6 nitrogen and oxygen atoms in total. The molecule has 0 aliphatic carbocycles. The molecule has 3 aromatic rings. The van der Waals surface area contributed by atoms with Crippen LogP contribution in [0.2, 0.25) is 5.02 Å². The van der Waals surface area contributed by atoms with E-state index in [1.54, 1.807) is 35.2 Å². The molecule has 1 aromatic carbocycles. The molecule has 152 valence electrons. The van der Waals surface area contributed by atoms with E-state index in [0.29, 0.717) is 17.4 Å². The first-order valence-electron chi connectivity index (χ1n) is 9.35. The number of benzene rings is 1. The zero-order valence-corrected chi connectivity index (χ0v) is 17.3. The van der Waals surface area contributed by atoms with E-state index >= 15 is 0 Å². The Kier molecular flexibility index (Phi) is 7.27. The van der Waals surface area contributed by atoms with Gasteiger partial charge in [-0.25, -0.2) is 0 Å². The van der Waals surface area contributed by atoms with Crippen molar-refractivity contribution in [2.45, 2.75) is 13.0 Å². The Labute approximate surface area is 175 Å². The van der Waals surface area contributed by atoms with Gasteiger partial charge in [-0.3, -0.25) is 14.3 Å². The molecule has 0 amide bonds. The number of ether oxygens (including phenoxy) is 2. The van der Waals surface area contributed by atoms with E-state index in [4.69, 9.17) is 21.1 Å². The Morgan fingerprint density at radius 3 is 2.48 bits per heavy atom. The van der Waals surface area contributed by atoms with Gasteiger partial charge in [0.15, 0.2) is 0 Å². The van der Waals surface area contributed by atoms with Crippen LogP contribution < -0.4 is 15.0 Å². The van der Waals surface area contributed by atoms with Gasteiger partial charge in [0.25, 0.3) is 5.56 Å². The normalized spacial score (nSPS) is 10.9. The number of nitrogens with zero attached hydrogens (tertiary/aromatic N) is 3. The highest BCUT2D eigenvalue weighted by Gasteiger charge is 2.04. The molecule has 2 heterocycles. The zero-order valence-electron chi connectivity index (χ0n) is 16.5. The van der Waals surface area contributed by atoms with Crippen molar-refractivity contribution in [2.75, 3.05) is 27.2 Å². The third-order valence-corrected chi connectivity index (χ3v) is 4.42. The molecule has 0 aliphatic heterocycles. The van der Waals surface area contributed by atoms with Crippen molar-refractivity contribution in [1.82, 2.24) is 14.5 Å². The minimum Gasteiger partial charge on any atom is -0.494 e. The molecule has 0 fully saturated rings. The zero-order chi connectivity index (χ0) is 20.6. The van der Waals surface area contributed by atoms with E-state index in [1.165, 1.54) is 6.07 Å². The number of hydrogen-bond acceptors (Lipinski definition) is 5. The molecule has 0 saturated carbocycles. The highest BCUT2D eigenvalue weighted by molar-refractivity contribution is 6.30. The number of aromatic nitrogens is 2. The van der Waals surface area contributed by atoms with Gasteiger partial charge in [0, 0.05) is 30.7 Å².